The zero-order valence-electron chi connectivity index (χ0n) is 21.5. The molecule has 5 rings (SSSR count). The third-order valence-electron chi connectivity index (χ3n) is 6.48. The highest BCUT2D eigenvalue weighted by Crippen LogP contribution is 2.32. The van der Waals surface area contributed by atoms with Crippen molar-refractivity contribution in [1.29, 1.82) is 0 Å². The predicted molar refractivity (Wildman–Crippen MR) is 145 cm³/mol. The zero-order chi connectivity index (χ0) is 26.9. The molecule has 2 aromatic carbocycles. The number of aliphatic hydroxyl groups is 1. The van der Waals surface area contributed by atoms with E-state index in [1.54, 1.807) is 13.1 Å². The number of β-amino-alcohol motifs (C(OH)–C–C–N with tert-alkyl or cyclic N) is 1. The Balaban J connectivity index is 1.47. The van der Waals surface area contributed by atoms with Crippen LogP contribution in [0, 0.1) is 13.8 Å². The van der Waals surface area contributed by atoms with E-state index >= 15 is 0 Å². The summed E-state index contributed by atoms with van der Waals surface area (Å²) in [4.78, 5) is 11.0. The maximum atomic E-state index is 13.0. The largest absolute Gasteiger partial charge is 0.439 e. The van der Waals surface area contributed by atoms with Crippen molar-refractivity contribution in [3.63, 3.8) is 0 Å². The maximum absolute atomic E-state index is 13.0. The zero-order valence-corrected chi connectivity index (χ0v) is 22.3. The number of sulfonamides is 1. The number of rotatable bonds is 7. The molecule has 1 unspecified atom stereocenters. The van der Waals surface area contributed by atoms with E-state index in [0.717, 1.165) is 41.8 Å². The number of nitrogens with one attached hydrogen (secondary N) is 1. The van der Waals surface area contributed by atoms with Gasteiger partial charge < -0.3 is 14.7 Å². The van der Waals surface area contributed by atoms with Gasteiger partial charge >= 0.3 is 0 Å². The Morgan fingerprint density at radius 1 is 1.08 bits per heavy atom. The van der Waals surface area contributed by atoms with E-state index in [1.807, 2.05) is 56.3 Å². The van der Waals surface area contributed by atoms with Gasteiger partial charge in [-0.15, -0.1) is 0 Å². The Hall–Kier alpha value is -3.96. The number of piperidine rings is 1. The molecule has 11 heteroatoms. The fourth-order valence-corrected chi connectivity index (χ4v) is 5.55. The lowest BCUT2D eigenvalue weighted by atomic mass is 10.00. The molecule has 3 heterocycles. The second-order valence-corrected chi connectivity index (χ2v) is 11.2. The van der Waals surface area contributed by atoms with Crippen molar-refractivity contribution >= 4 is 21.7 Å². The third-order valence-corrected chi connectivity index (χ3v) is 7.76. The number of hydrogen-bond donors (Lipinski definition) is 2. The van der Waals surface area contributed by atoms with E-state index in [2.05, 4.69) is 24.7 Å². The molecule has 1 saturated heterocycles. The van der Waals surface area contributed by atoms with Gasteiger partial charge in [0.05, 0.1) is 18.0 Å². The Labute approximate surface area is 222 Å². The van der Waals surface area contributed by atoms with Crippen molar-refractivity contribution in [3.8, 4) is 22.9 Å². The highest BCUT2D eigenvalue weighted by molar-refractivity contribution is 7.92. The average Bonchev–Trinajstić information content (AvgIpc) is 3.31. The fraction of sp³-hybridized carbons (Fsp3) is 0.296. The van der Waals surface area contributed by atoms with Gasteiger partial charge in [0.2, 0.25) is 11.8 Å². The van der Waals surface area contributed by atoms with Crippen molar-refractivity contribution in [2.24, 2.45) is 7.05 Å². The van der Waals surface area contributed by atoms with Crippen LogP contribution in [0.2, 0.25) is 0 Å². The van der Waals surface area contributed by atoms with Gasteiger partial charge in [0.15, 0.2) is 0 Å². The van der Waals surface area contributed by atoms with E-state index in [1.165, 1.54) is 17.1 Å². The molecule has 10 nitrogen and oxygen atoms in total. The molecular formula is C27H30N6O4S. The molecule has 0 aliphatic carbocycles. The lowest BCUT2D eigenvalue weighted by molar-refractivity contribution is 0.154. The molecule has 198 valence electrons. The number of nitrogens with zero attached hydrogens (tertiary/aromatic N) is 5. The molecule has 0 radical (unpaired) electrons. The average molecular weight is 535 g/mol. The number of aliphatic hydroxyl groups excluding tert-OH is 1. The van der Waals surface area contributed by atoms with Crippen molar-refractivity contribution in [2.45, 2.75) is 37.7 Å². The Morgan fingerprint density at radius 2 is 1.82 bits per heavy atom. The van der Waals surface area contributed by atoms with Gasteiger partial charge in [-0.25, -0.2) is 18.1 Å². The molecule has 38 heavy (non-hydrogen) atoms. The first kappa shape index (κ1) is 25.7. The predicted octanol–water partition coefficient (Wildman–Crippen LogP) is 4.05. The summed E-state index contributed by atoms with van der Waals surface area (Å²) in [6, 6.07) is 15.1. The molecule has 2 aromatic heterocycles. The monoisotopic (exact) mass is 534 g/mol. The van der Waals surface area contributed by atoms with Gasteiger partial charge in [-0.2, -0.15) is 10.1 Å². The third kappa shape index (κ3) is 5.63. The molecule has 0 amide bonds. The summed E-state index contributed by atoms with van der Waals surface area (Å²) in [6.07, 6.45) is 4.11. The van der Waals surface area contributed by atoms with Gasteiger partial charge in [-0.1, -0.05) is 18.2 Å². The number of aryl methyl sites for hydroxylation is 3. The topological polar surface area (TPSA) is 122 Å². The summed E-state index contributed by atoms with van der Waals surface area (Å²) >= 11 is 0. The quantitative estimate of drug-likeness (QED) is 0.364. The van der Waals surface area contributed by atoms with Gasteiger partial charge in [0.1, 0.15) is 10.6 Å². The molecule has 1 aliphatic rings. The number of anilines is 2. The molecule has 1 atom stereocenters. The minimum absolute atomic E-state index is 0.00182. The van der Waals surface area contributed by atoms with Gasteiger partial charge in [-0.05, 0) is 62.1 Å². The maximum Gasteiger partial charge on any atom is 0.267 e. The van der Waals surface area contributed by atoms with Crippen LogP contribution in [0.1, 0.15) is 24.0 Å². The molecular weight excluding hydrogens is 504 g/mol. The molecule has 1 aliphatic heterocycles. The summed E-state index contributed by atoms with van der Waals surface area (Å²) in [5.41, 5.74) is 4.39. The van der Waals surface area contributed by atoms with E-state index in [0.29, 0.717) is 18.0 Å². The lowest BCUT2D eigenvalue weighted by Gasteiger charge is -2.32. The van der Waals surface area contributed by atoms with E-state index in [9.17, 15) is 13.5 Å². The highest BCUT2D eigenvalue weighted by Gasteiger charge is 2.21. The standard InChI is InChI=1S/C27H30N6O4S/c1-18-6-4-7-19(2)26(18)24-14-25(30-27(29-24)31-38(35,36)23-15-28-32(3)17-23)37-22-11-9-20(10-12-22)33-13-5-8-21(34)16-33/h4,6-7,9-12,14-15,17,21,34H,5,8,13,16H2,1-3H3,(H,29,30,31). The van der Waals surface area contributed by atoms with Crippen molar-refractivity contribution in [1.82, 2.24) is 19.7 Å². The van der Waals surface area contributed by atoms with E-state index in [4.69, 9.17) is 4.74 Å². The molecule has 0 saturated carbocycles. The lowest BCUT2D eigenvalue weighted by Crippen LogP contribution is -2.38. The van der Waals surface area contributed by atoms with Gasteiger partial charge in [-0.3, -0.25) is 4.68 Å². The van der Waals surface area contributed by atoms with Crippen LogP contribution in [0.25, 0.3) is 11.3 Å². The van der Waals surface area contributed by atoms with E-state index in [-0.39, 0.29) is 22.8 Å². The molecule has 4 aromatic rings. The summed E-state index contributed by atoms with van der Waals surface area (Å²) < 4.78 is 35.9. The Kier molecular flexibility index (Phi) is 7.04. The first-order valence-corrected chi connectivity index (χ1v) is 13.8. The first-order chi connectivity index (χ1) is 18.2. The van der Waals surface area contributed by atoms with Crippen molar-refractivity contribution in [2.75, 3.05) is 22.7 Å². The normalized spacial score (nSPS) is 15.9. The number of ether oxygens (including phenoxy) is 1. The van der Waals surface area contributed by atoms with Gasteiger partial charge in [0.25, 0.3) is 10.0 Å². The van der Waals surface area contributed by atoms with Crippen LogP contribution in [0.5, 0.6) is 11.6 Å². The molecule has 0 bridgehead atoms. The highest BCUT2D eigenvalue weighted by atomic mass is 32.2. The second-order valence-electron chi connectivity index (χ2n) is 9.48. The smallest absolute Gasteiger partial charge is 0.267 e. The SMILES string of the molecule is Cc1cccc(C)c1-c1cc(Oc2ccc(N3CCCC(O)C3)cc2)nc(NS(=O)(=O)c2cnn(C)c2)n1. The Morgan fingerprint density at radius 3 is 2.47 bits per heavy atom. The molecule has 0 spiro atoms. The van der Waals surface area contributed by atoms with Crippen LogP contribution in [-0.2, 0) is 17.1 Å². The van der Waals surface area contributed by atoms with Gasteiger partial charge in [0, 0.05) is 43.7 Å². The van der Waals surface area contributed by atoms with Crippen LogP contribution in [-0.4, -0.2) is 52.5 Å². The number of aromatic nitrogens is 4. The summed E-state index contributed by atoms with van der Waals surface area (Å²) in [5, 5.41) is 13.9. The minimum atomic E-state index is -3.96. The molecule has 1 fully saturated rings. The van der Waals surface area contributed by atoms with Crippen LogP contribution >= 0.6 is 0 Å². The number of benzene rings is 2. The first-order valence-electron chi connectivity index (χ1n) is 12.4. The summed E-state index contributed by atoms with van der Waals surface area (Å²) in [6.45, 7) is 5.44. The summed E-state index contributed by atoms with van der Waals surface area (Å²) in [5.74, 6) is 0.629. The van der Waals surface area contributed by atoms with Crippen LogP contribution < -0.4 is 14.4 Å². The number of hydrogen-bond acceptors (Lipinski definition) is 8. The van der Waals surface area contributed by atoms with Crippen molar-refractivity contribution in [3.05, 3.63) is 72.1 Å². The second kappa shape index (κ2) is 10.4. The fourth-order valence-electron chi connectivity index (χ4n) is 4.62. The van der Waals surface area contributed by atoms with E-state index < -0.39 is 10.0 Å². The van der Waals surface area contributed by atoms with Crippen molar-refractivity contribution < 1.29 is 18.3 Å². The minimum Gasteiger partial charge on any atom is -0.439 e. The Bertz CT molecular complexity index is 1530. The van der Waals surface area contributed by atoms with Crippen LogP contribution in [0.3, 0.4) is 0 Å². The summed E-state index contributed by atoms with van der Waals surface area (Å²) in [7, 11) is -2.32. The van der Waals surface area contributed by atoms with Crippen LogP contribution in [0.15, 0.2) is 65.8 Å². The van der Waals surface area contributed by atoms with Crippen LogP contribution in [0.4, 0.5) is 11.6 Å². The molecule has 2 N–H and O–H groups in total.